The van der Waals surface area contributed by atoms with E-state index in [9.17, 15) is 0 Å². The molecule has 1 unspecified atom stereocenters. The highest BCUT2D eigenvalue weighted by atomic mass is 32.1. The predicted molar refractivity (Wildman–Crippen MR) is 60.4 cm³/mol. The zero-order chi connectivity index (χ0) is 10.4. The summed E-state index contributed by atoms with van der Waals surface area (Å²) in [5, 5.41) is 7.42. The molecule has 1 heterocycles. The van der Waals surface area contributed by atoms with Crippen LogP contribution in [0.1, 0.15) is 44.5 Å². The Morgan fingerprint density at radius 3 is 2.50 bits per heavy atom. The molecule has 0 aliphatic heterocycles. The van der Waals surface area contributed by atoms with E-state index in [1.54, 1.807) is 0 Å². The van der Waals surface area contributed by atoms with Crippen molar-refractivity contribution >= 4 is 11.5 Å². The largest absolute Gasteiger partial charge is 0.309 e. The minimum atomic E-state index is 0.440. The Bertz CT molecular complexity index is 232. The summed E-state index contributed by atoms with van der Waals surface area (Å²) in [6.45, 7) is 7.63. The van der Waals surface area contributed by atoms with Crippen molar-refractivity contribution in [3.8, 4) is 0 Å². The van der Waals surface area contributed by atoms with E-state index in [2.05, 4.69) is 35.7 Å². The first-order chi connectivity index (χ1) is 6.83. The molecule has 4 heteroatoms. The normalized spacial score (nSPS) is 13.4. The first-order valence-corrected chi connectivity index (χ1v) is 6.11. The molecule has 1 N–H and O–H groups in total. The molecule has 0 saturated heterocycles. The van der Waals surface area contributed by atoms with E-state index in [0.29, 0.717) is 12.0 Å². The van der Waals surface area contributed by atoms with Crippen molar-refractivity contribution in [3.63, 3.8) is 0 Å². The summed E-state index contributed by atoms with van der Waals surface area (Å²) in [5.74, 6) is 0.692. The number of hydrogen-bond acceptors (Lipinski definition) is 4. The third-order valence-electron chi connectivity index (χ3n) is 2.63. The van der Waals surface area contributed by atoms with Gasteiger partial charge in [-0.25, -0.2) is 0 Å². The molecule has 3 nitrogen and oxygen atoms in total. The highest BCUT2D eigenvalue weighted by molar-refractivity contribution is 7.05. The van der Waals surface area contributed by atoms with E-state index in [1.807, 2.05) is 6.20 Å². The molecule has 1 aromatic heterocycles. The van der Waals surface area contributed by atoms with Crippen molar-refractivity contribution < 1.29 is 0 Å². The maximum Gasteiger partial charge on any atom is 0.0669 e. The second-order valence-electron chi connectivity index (χ2n) is 3.43. The molecule has 0 amide bonds. The van der Waals surface area contributed by atoms with Gasteiger partial charge in [0.1, 0.15) is 0 Å². The topological polar surface area (TPSA) is 37.8 Å². The van der Waals surface area contributed by atoms with E-state index in [0.717, 1.165) is 6.54 Å². The number of hydrogen-bond donors (Lipinski definition) is 1. The molecule has 1 aromatic rings. The average molecular weight is 213 g/mol. The van der Waals surface area contributed by atoms with Gasteiger partial charge in [-0.2, -0.15) is 0 Å². The summed E-state index contributed by atoms with van der Waals surface area (Å²) >= 11 is 1.51. The Hall–Kier alpha value is -0.480. The van der Waals surface area contributed by atoms with Gasteiger partial charge in [-0.3, -0.25) is 0 Å². The standard InChI is InChI=1S/C10H19N3S/c1-4-8(5-2)10(11-6-3)9-7-12-13-14-9/h7-8,10-11H,4-6H2,1-3H3. The van der Waals surface area contributed by atoms with Gasteiger partial charge in [-0.1, -0.05) is 38.1 Å². The van der Waals surface area contributed by atoms with Crippen LogP contribution in [0.4, 0.5) is 0 Å². The molecule has 14 heavy (non-hydrogen) atoms. The molecule has 0 bridgehead atoms. The lowest BCUT2D eigenvalue weighted by Gasteiger charge is -2.24. The van der Waals surface area contributed by atoms with Crippen molar-refractivity contribution in [3.05, 3.63) is 11.1 Å². The predicted octanol–water partition coefficient (Wildman–Crippen LogP) is 2.62. The lowest BCUT2D eigenvalue weighted by Crippen LogP contribution is -2.27. The van der Waals surface area contributed by atoms with Crippen molar-refractivity contribution in [2.45, 2.75) is 39.7 Å². The van der Waals surface area contributed by atoms with Crippen LogP contribution >= 0.6 is 11.5 Å². The number of aromatic nitrogens is 2. The Balaban J connectivity index is 2.72. The van der Waals surface area contributed by atoms with Crippen LogP contribution in [0.2, 0.25) is 0 Å². The Morgan fingerprint density at radius 1 is 1.36 bits per heavy atom. The SMILES string of the molecule is CCNC(c1cnns1)C(CC)CC. The molecule has 0 spiro atoms. The van der Waals surface area contributed by atoms with Crippen molar-refractivity contribution in [2.75, 3.05) is 6.54 Å². The summed E-state index contributed by atoms with van der Waals surface area (Å²) < 4.78 is 3.93. The third kappa shape index (κ3) is 2.75. The van der Waals surface area contributed by atoms with E-state index in [1.165, 1.54) is 29.3 Å². The zero-order valence-electron chi connectivity index (χ0n) is 9.16. The fourth-order valence-electron chi connectivity index (χ4n) is 1.79. The first kappa shape index (κ1) is 11.6. The lowest BCUT2D eigenvalue weighted by molar-refractivity contribution is 0.350. The Kier molecular flexibility index (Phi) is 5.04. The van der Waals surface area contributed by atoms with Crippen LogP contribution in [0, 0.1) is 5.92 Å². The summed E-state index contributed by atoms with van der Waals surface area (Å²) in [7, 11) is 0. The van der Waals surface area contributed by atoms with E-state index in [4.69, 9.17) is 0 Å². The zero-order valence-corrected chi connectivity index (χ0v) is 9.97. The van der Waals surface area contributed by atoms with Crippen molar-refractivity contribution in [2.24, 2.45) is 5.92 Å². The van der Waals surface area contributed by atoms with Gasteiger partial charge in [0.15, 0.2) is 0 Å². The maximum atomic E-state index is 3.93. The highest BCUT2D eigenvalue weighted by Crippen LogP contribution is 2.28. The highest BCUT2D eigenvalue weighted by Gasteiger charge is 2.20. The van der Waals surface area contributed by atoms with Crippen LogP contribution in [0.15, 0.2) is 6.20 Å². The Morgan fingerprint density at radius 2 is 2.07 bits per heavy atom. The molecule has 1 atom stereocenters. The summed E-state index contributed by atoms with van der Waals surface area (Å²) in [6.07, 6.45) is 4.29. The van der Waals surface area contributed by atoms with Crippen LogP contribution < -0.4 is 5.32 Å². The molecule has 0 aliphatic carbocycles. The number of nitrogens with zero attached hydrogens (tertiary/aromatic N) is 2. The number of nitrogens with one attached hydrogen (secondary N) is 1. The van der Waals surface area contributed by atoms with Gasteiger partial charge in [-0.15, -0.1) is 5.10 Å². The summed E-state index contributed by atoms with van der Waals surface area (Å²) in [6, 6.07) is 0.440. The van der Waals surface area contributed by atoms with Crippen LogP contribution in [0.5, 0.6) is 0 Å². The van der Waals surface area contributed by atoms with Gasteiger partial charge >= 0.3 is 0 Å². The van der Waals surface area contributed by atoms with E-state index < -0.39 is 0 Å². The van der Waals surface area contributed by atoms with Gasteiger partial charge in [0.2, 0.25) is 0 Å². The Labute approximate surface area is 90.1 Å². The first-order valence-electron chi connectivity index (χ1n) is 5.34. The lowest BCUT2D eigenvalue weighted by atomic mass is 9.93. The van der Waals surface area contributed by atoms with E-state index in [-0.39, 0.29) is 0 Å². The van der Waals surface area contributed by atoms with Crippen molar-refractivity contribution in [1.82, 2.24) is 14.9 Å². The second-order valence-corrected chi connectivity index (χ2v) is 4.25. The smallest absolute Gasteiger partial charge is 0.0669 e. The minimum absolute atomic E-state index is 0.440. The fourth-order valence-corrected chi connectivity index (χ4v) is 2.46. The number of rotatable bonds is 6. The van der Waals surface area contributed by atoms with Crippen molar-refractivity contribution in [1.29, 1.82) is 0 Å². The second kappa shape index (κ2) is 6.09. The summed E-state index contributed by atoms with van der Waals surface area (Å²) in [5.41, 5.74) is 0. The molecule has 1 rings (SSSR count). The van der Waals surface area contributed by atoms with Gasteiger partial charge < -0.3 is 5.32 Å². The third-order valence-corrected chi connectivity index (χ3v) is 3.38. The molecular formula is C10H19N3S. The maximum absolute atomic E-state index is 3.93. The molecule has 0 radical (unpaired) electrons. The molecule has 80 valence electrons. The average Bonchev–Trinajstić information content (AvgIpc) is 2.71. The van der Waals surface area contributed by atoms with Crippen LogP contribution in [-0.4, -0.2) is 16.1 Å². The molecule has 0 aromatic carbocycles. The van der Waals surface area contributed by atoms with Crippen LogP contribution in [-0.2, 0) is 0 Å². The van der Waals surface area contributed by atoms with Gasteiger partial charge in [0.25, 0.3) is 0 Å². The molecule has 0 aliphatic rings. The monoisotopic (exact) mass is 213 g/mol. The van der Waals surface area contributed by atoms with Gasteiger partial charge in [0, 0.05) is 6.04 Å². The van der Waals surface area contributed by atoms with E-state index >= 15 is 0 Å². The van der Waals surface area contributed by atoms with Gasteiger partial charge in [-0.05, 0) is 24.0 Å². The van der Waals surface area contributed by atoms with Crippen LogP contribution in [0.25, 0.3) is 0 Å². The molecule has 0 saturated carbocycles. The minimum Gasteiger partial charge on any atom is -0.309 e. The quantitative estimate of drug-likeness (QED) is 0.789. The van der Waals surface area contributed by atoms with Crippen LogP contribution in [0.3, 0.4) is 0 Å². The van der Waals surface area contributed by atoms with Gasteiger partial charge in [0.05, 0.1) is 11.1 Å². The fraction of sp³-hybridized carbons (Fsp3) is 0.800. The summed E-state index contributed by atoms with van der Waals surface area (Å²) in [4.78, 5) is 1.26. The molecule has 0 fully saturated rings. The molecular weight excluding hydrogens is 194 g/mol.